The van der Waals surface area contributed by atoms with Crippen LogP contribution in [0.25, 0.3) is 0 Å². The summed E-state index contributed by atoms with van der Waals surface area (Å²) in [5, 5.41) is 9.82. The molecule has 0 saturated carbocycles. The van der Waals surface area contributed by atoms with Gasteiger partial charge in [0.2, 0.25) is 11.9 Å². The Labute approximate surface area is 203 Å². The van der Waals surface area contributed by atoms with Crippen molar-refractivity contribution in [3.8, 4) is 0 Å². The number of amides is 1. The van der Waals surface area contributed by atoms with E-state index in [0.717, 1.165) is 44.1 Å². The first-order valence-corrected chi connectivity index (χ1v) is 10.9. The average molecular weight is 516 g/mol. The zero-order valence-corrected chi connectivity index (χ0v) is 19.7. The fourth-order valence-electron chi connectivity index (χ4n) is 4.17. The maximum atomic E-state index is 13.8. The number of anilines is 3. The summed E-state index contributed by atoms with van der Waals surface area (Å²) in [5.41, 5.74) is 1.41. The molecule has 0 bridgehead atoms. The summed E-state index contributed by atoms with van der Waals surface area (Å²) in [6.07, 6.45) is -0.0654. The predicted molar refractivity (Wildman–Crippen MR) is 119 cm³/mol. The number of piperidine rings is 1. The van der Waals surface area contributed by atoms with E-state index < -0.39 is 18.1 Å². The minimum absolute atomic E-state index is 0.141. The van der Waals surface area contributed by atoms with Gasteiger partial charge in [0.1, 0.15) is 11.5 Å². The molecule has 1 fully saturated rings. The molecule has 14 heteroatoms. The number of carbonyl (C=O) groups excluding carboxylic acids is 1. The minimum atomic E-state index is -5.08. The van der Waals surface area contributed by atoms with Crippen LogP contribution in [0.1, 0.15) is 37.9 Å². The summed E-state index contributed by atoms with van der Waals surface area (Å²) >= 11 is 0. The largest absolute Gasteiger partial charge is 0.490 e. The molecule has 0 atom stereocenters. The first-order chi connectivity index (χ1) is 16.6. The second-order valence-corrected chi connectivity index (χ2v) is 8.87. The number of pyridine rings is 1. The van der Waals surface area contributed by atoms with E-state index in [1.54, 1.807) is 12.3 Å². The molecule has 4 rings (SSSR count). The molecule has 2 aromatic rings. The lowest BCUT2D eigenvalue weighted by atomic mass is 9.75. The molecule has 2 aromatic heterocycles. The Morgan fingerprint density at radius 3 is 2.28 bits per heavy atom. The third kappa shape index (κ3) is 6.04. The highest BCUT2D eigenvalue weighted by atomic mass is 19.4. The standard InChI is InChI=1S/C20H24F2N6O.C2HF3O2/c1-13(29)25-17-10-15-14(11-24-17)20(5-8-27(3)9-6-20)12-28(15)18-23-7-4-16(26-18)19(2,21)22;3-2(4,5)1(6)7/h4,7,10-11H,5-6,8-9,12H2,1-3H3,(H,24,25,29);(H,6,7). The van der Waals surface area contributed by atoms with E-state index in [4.69, 9.17) is 9.90 Å². The third-order valence-electron chi connectivity index (χ3n) is 6.03. The number of halogens is 5. The highest BCUT2D eigenvalue weighted by Gasteiger charge is 2.46. The van der Waals surface area contributed by atoms with Gasteiger partial charge in [-0.2, -0.15) is 22.0 Å². The van der Waals surface area contributed by atoms with Crippen LogP contribution in [0.3, 0.4) is 0 Å². The highest BCUT2D eigenvalue weighted by Crippen LogP contribution is 2.49. The van der Waals surface area contributed by atoms with E-state index in [0.29, 0.717) is 12.4 Å². The first-order valence-electron chi connectivity index (χ1n) is 10.9. The van der Waals surface area contributed by atoms with E-state index >= 15 is 0 Å². The van der Waals surface area contributed by atoms with Gasteiger partial charge in [-0.3, -0.25) is 4.79 Å². The number of carboxylic acids is 1. The third-order valence-corrected chi connectivity index (χ3v) is 6.03. The smallest absolute Gasteiger partial charge is 0.475 e. The normalized spacial score (nSPS) is 17.3. The predicted octanol–water partition coefficient (Wildman–Crippen LogP) is 3.69. The number of carbonyl (C=O) groups is 2. The van der Waals surface area contributed by atoms with Crippen LogP contribution in [0.2, 0.25) is 0 Å². The number of hydrogen-bond acceptors (Lipinski definition) is 7. The molecule has 0 aromatic carbocycles. The molecule has 36 heavy (non-hydrogen) atoms. The minimum Gasteiger partial charge on any atom is -0.475 e. The Morgan fingerprint density at radius 1 is 1.14 bits per heavy atom. The molecule has 0 aliphatic carbocycles. The summed E-state index contributed by atoms with van der Waals surface area (Å²) in [4.78, 5) is 37.4. The molecule has 0 unspecified atom stereocenters. The molecule has 4 heterocycles. The van der Waals surface area contributed by atoms with E-state index in [9.17, 15) is 26.7 Å². The number of fused-ring (bicyclic) bond motifs is 2. The summed E-state index contributed by atoms with van der Waals surface area (Å²) in [5.74, 6) is -5.37. The van der Waals surface area contributed by atoms with Crippen LogP contribution in [-0.2, 0) is 20.9 Å². The van der Waals surface area contributed by atoms with Crippen molar-refractivity contribution >= 4 is 29.3 Å². The molecule has 2 N–H and O–H groups in total. The molecule has 1 saturated heterocycles. The van der Waals surface area contributed by atoms with Crippen LogP contribution in [-0.4, -0.2) is 69.7 Å². The Morgan fingerprint density at radius 2 is 1.75 bits per heavy atom. The van der Waals surface area contributed by atoms with Crippen LogP contribution in [0, 0.1) is 0 Å². The first kappa shape index (κ1) is 27.2. The molecular weight excluding hydrogens is 491 g/mol. The van der Waals surface area contributed by atoms with Crippen molar-refractivity contribution in [3.63, 3.8) is 0 Å². The molecule has 1 amide bonds. The number of likely N-dealkylation sites (tertiary alicyclic amines) is 1. The zero-order chi connectivity index (χ0) is 26.9. The quantitative estimate of drug-likeness (QED) is 0.595. The number of nitrogens with one attached hydrogen (secondary N) is 1. The molecule has 9 nitrogen and oxygen atoms in total. The lowest BCUT2D eigenvalue weighted by Crippen LogP contribution is -2.43. The van der Waals surface area contributed by atoms with Crippen molar-refractivity contribution in [2.75, 3.05) is 36.9 Å². The number of nitrogens with zero attached hydrogens (tertiary/aromatic N) is 5. The maximum absolute atomic E-state index is 13.8. The SMILES string of the molecule is CC(=O)Nc1cc2c(cn1)C1(CCN(C)CC1)CN2c1nccc(C(C)(F)F)n1.O=C(O)C(F)(F)F. The van der Waals surface area contributed by atoms with Gasteiger partial charge in [0.25, 0.3) is 5.92 Å². The van der Waals surface area contributed by atoms with Crippen LogP contribution >= 0.6 is 0 Å². The monoisotopic (exact) mass is 516 g/mol. The Hall–Kier alpha value is -3.42. The fraction of sp³-hybridized carbons (Fsp3) is 0.500. The van der Waals surface area contributed by atoms with Crippen molar-refractivity contribution in [1.82, 2.24) is 19.9 Å². The van der Waals surface area contributed by atoms with Gasteiger partial charge in [0.05, 0.1) is 5.69 Å². The fourth-order valence-corrected chi connectivity index (χ4v) is 4.17. The van der Waals surface area contributed by atoms with Crippen molar-refractivity contribution in [2.45, 2.75) is 44.2 Å². The molecule has 0 radical (unpaired) electrons. The van der Waals surface area contributed by atoms with E-state index in [2.05, 4.69) is 32.2 Å². The summed E-state index contributed by atoms with van der Waals surface area (Å²) in [6.45, 7) is 4.72. The van der Waals surface area contributed by atoms with Crippen molar-refractivity contribution in [2.24, 2.45) is 0 Å². The topological polar surface area (TPSA) is 112 Å². The van der Waals surface area contributed by atoms with Gasteiger partial charge >= 0.3 is 12.1 Å². The van der Waals surface area contributed by atoms with Crippen LogP contribution in [0.15, 0.2) is 24.5 Å². The summed E-state index contributed by atoms with van der Waals surface area (Å²) < 4.78 is 59.4. The van der Waals surface area contributed by atoms with Gasteiger partial charge < -0.3 is 20.2 Å². The second kappa shape index (κ2) is 9.91. The van der Waals surface area contributed by atoms with E-state index in [1.165, 1.54) is 19.2 Å². The second-order valence-electron chi connectivity index (χ2n) is 8.87. The Balaban J connectivity index is 0.000000454. The van der Waals surface area contributed by atoms with Gasteiger partial charge in [-0.25, -0.2) is 19.7 Å². The van der Waals surface area contributed by atoms with Crippen LogP contribution in [0.5, 0.6) is 0 Å². The number of aliphatic carboxylic acids is 1. The number of aromatic nitrogens is 3. The number of carboxylic acid groups (broad SMARTS) is 1. The van der Waals surface area contributed by atoms with Gasteiger partial charge in [-0.1, -0.05) is 0 Å². The lowest BCUT2D eigenvalue weighted by molar-refractivity contribution is -0.192. The Bertz CT molecular complexity index is 1130. The molecule has 196 valence electrons. The number of rotatable bonds is 3. The van der Waals surface area contributed by atoms with Gasteiger partial charge in [-0.05, 0) is 39.0 Å². The summed E-state index contributed by atoms with van der Waals surface area (Å²) in [7, 11) is 2.09. The van der Waals surface area contributed by atoms with Crippen molar-refractivity contribution in [3.05, 3.63) is 35.8 Å². The molecule has 1 spiro atoms. The average Bonchev–Trinajstić information content (AvgIpc) is 3.08. The van der Waals surface area contributed by atoms with Crippen LogP contribution in [0.4, 0.5) is 39.4 Å². The molecular formula is C22H25F5N6O3. The molecule has 2 aliphatic heterocycles. The van der Waals surface area contributed by atoms with Gasteiger partial charge in [0.15, 0.2) is 0 Å². The van der Waals surface area contributed by atoms with Crippen molar-refractivity contribution in [1.29, 1.82) is 0 Å². The van der Waals surface area contributed by atoms with E-state index in [-0.39, 0.29) is 23.0 Å². The van der Waals surface area contributed by atoms with Crippen molar-refractivity contribution < 1.29 is 36.6 Å². The van der Waals surface area contributed by atoms with Gasteiger partial charge in [0, 0.05) is 49.8 Å². The van der Waals surface area contributed by atoms with E-state index in [1.807, 2.05) is 4.90 Å². The zero-order valence-electron chi connectivity index (χ0n) is 19.7. The lowest BCUT2D eigenvalue weighted by Gasteiger charge is -2.38. The highest BCUT2D eigenvalue weighted by molar-refractivity contribution is 5.88. The summed E-state index contributed by atoms with van der Waals surface area (Å²) in [6, 6.07) is 3.02. The Kier molecular flexibility index (Phi) is 7.48. The van der Waals surface area contributed by atoms with Gasteiger partial charge in [-0.15, -0.1) is 0 Å². The van der Waals surface area contributed by atoms with Crippen LogP contribution < -0.4 is 10.2 Å². The number of alkyl halides is 5. The molecule has 2 aliphatic rings. The maximum Gasteiger partial charge on any atom is 0.490 e. The number of hydrogen-bond donors (Lipinski definition) is 2.